The molecule has 0 atom stereocenters. The van der Waals surface area contributed by atoms with Crippen LogP contribution in [-0.2, 0) is 14.3 Å². The molecule has 0 amide bonds. The molecule has 0 aliphatic heterocycles. The van der Waals surface area contributed by atoms with Crippen LogP contribution in [0.5, 0.6) is 0 Å². The molecule has 0 saturated heterocycles. The van der Waals surface area contributed by atoms with E-state index in [9.17, 15) is 12.8 Å². The molecule has 5 heteroatoms. The van der Waals surface area contributed by atoms with Crippen molar-refractivity contribution in [2.24, 2.45) is 0 Å². The summed E-state index contributed by atoms with van der Waals surface area (Å²) in [7, 11) is -3.73. The van der Waals surface area contributed by atoms with Gasteiger partial charge in [-0.25, -0.2) is 4.39 Å². The van der Waals surface area contributed by atoms with Crippen molar-refractivity contribution in [3.63, 3.8) is 0 Å². The van der Waals surface area contributed by atoms with E-state index in [2.05, 4.69) is 4.18 Å². The maximum atomic E-state index is 11.7. The summed E-state index contributed by atoms with van der Waals surface area (Å²) in [5.41, 5.74) is 0.969. The monoisotopic (exact) mass is 243 g/mol. The summed E-state index contributed by atoms with van der Waals surface area (Å²) in [5, 5.41) is 0. The molecule has 0 saturated carbocycles. The van der Waals surface area contributed by atoms with E-state index in [-0.39, 0.29) is 11.5 Å². The Morgan fingerprint density at radius 3 is 2.44 bits per heavy atom. The highest BCUT2D eigenvalue weighted by Crippen LogP contribution is 2.12. The van der Waals surface area contributed by atoms with Gasteiger partial charge in [-0.05, 0) is 19.1 Å². The Hall–Kier alpha value is -1.20. The van der Waals surface area contributed by atoms with E-state index in [4.69, 9.17) is 0 Å². The molecule has 0 bridgehead atoms. The molecule has 0 heterocycles. The lowest BCUT2D eigenvalue weighted by molar-refractivity contribution is 0.356. The zero-order valence-corrected chi connectivity index (χ0v) is 9.71. The van der Waals surface area contributed by atoms with Crippen LogP contribution in [0.15, 0.2) is 41.3 Å². The minimum absolute atomic E-state index is 0.103. The van der Waals surface area contributed by atoms with Gasteiger partial charge in [0.05, 0.1) is 11.5 Å². The first-order valence-corrected chi connectivity index (χ1v) is 6.14. The molecule has 1 aromatic carbocycles. The first kappa shape index (κ1) is 12.9. The van der Waals surface area contributed by atoms with Crippen LogP contribution < -0.4 is 0 Å². The van der Waals surface area contributed by atoms with E-state index in [1.54, 1.807) is 12.1 Å². The average Bonchev–Trinajstić information content (AvgIpc) is 2.25. The highest BCUT2D eigenvalue weighted by atomic mass is 32.2. The van der Waals surface area contributed by atoms with E-state index in [1.807, 2.05) is 6.92 Å². The fourth-order valence-electron chi connectivity index (χ4n) is 1.03. The Morgan fingerprint density at radius 2 is 1.88 bits per heavy atom. The zero-order chi connectivity index (χ0) is 12.0. The topological polar surface area (TPSA) is 43.4 Å². The summed E-state index contributed by atoms with van der Waals surface area (Å²) in [6, 6.07) is 6.33. The van der Waals surface area contributed by atoms with Crippen molar-refractivity contribution >= 4 is 10.1 Å². The van der Waals surface area contributed by atoms with Crippen LogP contribution >= 0.6 is 0 Å². The third-order valence-electron chi connectivity index (χ3n) is 1.88. The van der Waals surface area contributed by atoms with Crippen molar-refractivity contribution in [3.05, 3.63) is 42.0 Å². The molecule has 1 aromatic rings. The Bertz CT molecular complexity index is 449. The maximum Gasteiger partial charge on any atom is 0.297 e. The lowest BCUT2D eigenvalue weighted by atomic mass is 10.2. The molecular formula is C11H13FO3S. The standard InChI is InChI=1S/C11H13FO3S/c1-10-4-6-11(7-5-10)16(13,14)15-9-3-2-8-12/h2-7H,8-9H2,1H3/i12-1. The molecule has 0 aromatic heterocycles. The molecule has 3 nitrogen and oxygen atoms in total. The lowest BCUT2D eigenvalue weighted by Crippen LogP contribution is -2.06. The summed E-state index contributed by atoms with van der Waals surface area (Å²) >= 11 is 0. The predicted octanol–water partition coefficient (Wildman–Crippen LogP) is 2.23. The Balaban J connectivity index is 2.71. The van der Waals surface area contributed by atoms with Crippen molar-refractivity contribution in [1.82, 2.24) is 0 Å². The van der Waals surface area contributed by atoms with E-state index < -0.39 is 16.8 Å². The number of rotatable bonds is 5. The van der Waals surface area contributed by atoms with Crippen LogP contribution in [-0.4, -0.2) is 21.7 Å². The number of hydrogen-bond acceptors (Lipinski definition) is 3. The van der Waals surface area contributed by atoms with E-state index in [0.717, 1.165) is 5.56 Å². The maximum absolute atomic E-state index is 11.7. The number of hydrogen-bond donors (Lipinski definition) is 0. The molecule has 16 heavy (non-hydrogen) atoms. The third-order valence-corrected chi connectivity index (χ3v) is 3.18. The van der Waals surface area contributed by atoms with Crippen molar-refractivity contribution in [3.8, 4) is 0 Å². The van der Waals surface area contributed by atoms with Gasteiger partial charge >= 0.3 is 0 Å². The fourth-order valence-corrected chi connectivity index (χ4v) is 1.90. The number of alkyl halides is 1. The quantitative estimate of drug-likeness (QED) is 0.588. The first-order valence-electron chi connectivity index (χ1n) is 4.73. The molecule has 0 aliphatic rings. The van der Waals surface area contributed by atoms with Gasteiger partial charge in [-0.1, -0.05) is 29.8 Å². The first-order chi connectivity index (χ1) is 7.56. The van der Waals surface area contributed by atoms with Crippen molar-refractivity contribution in [1.29, 1.82) is 0 Å². The summed E-state index contributed by atoms with van der Waals surface area (Å²) < 4.78 is 39.5. The van der Waals surface area contributed by atoms with Gasteiger partial charge in [0, 0.05) is 0 Å². The number of aryl methyl sites for hydroxylation is 1. The van der Waals surface area contributed by atoms with Gasteiger partial charge < -0.3 is 0 Å². The number of halogens is 1. The van der Waals surface area contributed by atoms with Gasteiger partial charge in [0.25, 0.3) is 10.1 Å². The summed E-state index contributed by atoms with van der Waals surface area (Å²) in [5.74, 6) is 0. The van der Waals surface area contributed by atoms with E-state index >= 15 is 0 Å². The second kappa shape index (κ2) is 5.77. The number of allylic oxidation sites excluding steroid dienone is 1. The Labute approximate surface area is 94.7 Å². The largest absolute Gasteiger partial charge is 0.297 e. The molecule has 1 rings (SSSR count). The van der Waals surface area contributed by atoms with E-state index in [0.29, 0.717) is 0 Å². The van der Waals surface area contributed by atoms with Gasteiger partial charge in [0.2, 0.25) is 0 Å². The number of benzene rings is 1. The highest BCUT2D eigenvalue weighted by Gasteiger charge is 2.13. The van der Waals surface area contributed by atoms with Crippen LogP contribution in [0.2, 0.25) is 0 Å². The Kier molecular flexibility index (Phi) is 4.64. The molecule has 0 aliphatic carbocycles. The third kappa shape index (κ3) is 3.75. The zero-order valence-electron chi connectivity index (χ0n) is 8.89. The van der Waals surface area contributed by atoms with E-state index in [1.165, 1.54) is 24.3 Å². The fraction of sp³-hybridized carbons (Fsp3) is 0.273. The van der Waals surface area contributed by atoms with Crippen molar-refractivity contribution < 1.29 is 17.0 Å². The Morgan fingerprint density at radius 1 is 1.25 bits per heavy atom. The van der Waals surface area contributed by atoms with Crippen LogP contribution in [0, 0.1) is 6.92 Å². The van der Waals surface area contributed by atoms with Crippen molar-refractivity contribution in [2.45, 2.75) is 11.8 Å². The molecule has 88 valence electrons. The highest BCUT2D eigenvalue weighted by molar-refractivity contribution is 7.86. The SMILES string of the molecule is Cc1ccc(S(=O)(=O)OCC=CC[18F])cc1. The van der Waals surface area contributed by atoms with Gasteiger partial charge in [0.1, 0.15) is 6.67 Å². The van der Waals surface area contributed by atoms with Gasteiger partial charge in [-0.2, -0.15) is 8.42 Å². The molecule has 0 N–H and O–H groups in total. The van der Waals surface area contributed by atoms with Gasteiger partial charge in [0.15, 0.2) is 0 Å². The minimum Gasteiger partial charge on any atom is -0.262 e. The predicted molar refractivity (Wildman–Crippen MR) is 59.4 cm³/mol. The minimum atomic E-state index is -3.73. The normalized spacial score (nSPS) is 12.1. The smallest absolute Gasteiger partial charge is 0.262 e. The molecular weight excluding hydrogens is 230 g/mol. The average molecular weight is 243 g/mol. The molecule has 0 fully saturated rings. The van der Waals surface area contributed by atoms with Gasteiger partial charge in [-0.15, -0.1) is 0 Å². The van der Waals surface area contributed by atoms with Crippen LogP contribution in [0.3, 0.4) is 0 Å². The van der Waals surface area contributed by atoms with Gasteiger partial charge in [-0.3, -0.25) is 4.18 Å². The second-order valence-electron chi connectivity index (χ2n) is 3.18. The lowest BCUT2D eigenvalue weighted by Gasteiger charge is -2.03. The summed E-state index contributed by atoms with van der Waals surface area (Å²) in [4.78, 5) is 0.103. The van der Waals surface area contributed by atoms with Crippen molar-refractivity contribution in [2.75, 3.05) is 13.3 Å². The van der Waals surface area contributed by atoms with Crippen LogP contribution in [0.4, 0.5) is 4.39 Å². The molecule has 0 unspecified atom stereocenters. The van der Waals surface area contributed by atoms with Crippen LogP contribution in [0.25, 0.3) is 0 Å². The molecule has 0 radical (unpaired) electrons. The summed E-state index contributed by atoms with van der Waals surface area (Å²) in [6.07, 6.45) is 2.52. The van der Waals surface area contributed by atoms with Crippen LogP contribution in [0.1, 0.15) is 5.56 Å². The molecule has 0 spiro atoms. The summed E-state index contributed by atoms with van der Waals surface area (Å²) in [6.45, 7) is 1.08. The second-order valence-corrected chi connectivity index (χ2v) is 4.79.